The van der Waals surface area contributed by atoms with Crippen LogP contribution < -0.4 is 5.32 Å². The summed E-state index contributed by atoms with van der Waals surface area (Å²) in [5, 5.41) is 11.3. The number of aliphatic carboxylic acids is 1. The molecule has 0 aliphatic heterocycles. The summed E-state index contributed by atoms with van der Waals surface area (Å²) in [4.78, 5) is 23.3. The molecule has 6 nitrogen and oxygen atoms in total. The van der Waals surface area contributed by atoms with E-state index in [1.54, 1.807) is 7.11 Å². The van der Waals surface area contributed by atoms with Gasteiger partial charge in [0.05, 0.1) is 5.60 Å². The van der Waals surface area contributed by atoms with Crippen LogP contribution in [0.25, 0.3) is 0 Å². The zero-order chi connectivity index (χ0) is 12.9. The van der Waals surface area contributed by atoms with Crippen LogP contribution in [0.15, 0.2) is 0 Å². The Hall–Kier alpha value is -1.30. The predicted molar refractivity (Wildman–Crippen MR) is 59.3 cm³/mol. The van der Waals surface area contributed by atoms with Gasteiger partial charge in [-0.1, -0.05) is 0 Å². The van der Waals surface area contributed by atoms with Crippen LogP contribution in [0.1, 0.15) is 20.8 Å². The largest absolute Gasteiger partial charge is 0.480 e. The molecule has 1 atom stereocenters. The molecule has 0 radical (unpaired) electrons. The minimum absolute atomic E-state index is 0.318. The highest BCUT2D eigenvalue weighted by atomic mass is 16.5. The SMILES string of the molecule is COC(C)(C)CNC(=O)N(C)C(C)C(=O)O. The van der Waals surface area contributed by atoms with Crippen molar-refractivity contribution in [1.82, 2.24) is 10.2 Å². The third-order valence-corrected chi connectivity index (χ3v) is 2.48. The number of nitrogens with one attached hydrogen (secondary N) is 1. The van der Waals surface area contributed by atoms with E-state index in [9.17, 15) is 9.59 Å². The Labute approximate surface area is 95.6 Å². The van der Waals surface area contributed by atoms with E-state index in [0.717, 1.165) is 4.90 Å². The maximum atomic E-state index is 11.5. The summed E-state index contributed by atoms with van der Waals surface area (Å²) in [5.74, 6) is -1.04. The van der Waals surface area contributed by atoms with Crippen molar-refractivity contribution < 1.29 is 19.4 Å². The van der Waals surface area contributed by atoms with Gasteiger partial charge < -0.3 is 20.1 Å². The van der Waals surface area contributed by atoms with Crippen LogP contribution in [0.2, 0.25) is 0 Å². The average molecular weight is 232 g/mol. The molecule has 0 aromatic heterocycles. The van der Waals surface area contributed by atoms with E-state index in [1.807, 2.05) is 13.8 Å². The standard InChI is InChI=1S/C10H20N2O4/c1-7(8(13)14)12(4)9(15)11-6-10(2,3)16-5/h7H,6H2,1-5H3,(H,11,15)(H,13,14). The molecule has 0 spiro atoms. The quantitative estimate of drug-likeness (QED) is 0.724. The zero-order valence-corrected chi connectivity index (χ0v) is 10.4. The lowest BCUT2D eigenvalue weighted by atomic mass is 10.1. The molecule has 0 saturated heterocycles. The Morgan fingerprint density at radius 1 is 1.50 bits per heavy atom. The first-order chi connectivity index (χ1) is 7.21. The van der Waals surface area contributed by atoms with Crippen LogP contribution in [0.5, 0.6) is 0 Å². The van der Waals surface area contributed by atoms with E-state index in [0.29, 0.717) is 6.54 Å². The third-order valence-electron chi connectivity index (χ3n) is 2.48. The molecule has 16 heavy (non-hydrogen) atoms. The molecule has 2 N–H and O–H groups in total. The minimum atomic E-state index is -1.04. The van der Waals surface area contributed by atoms with Gasteiger partial charge in [-0.2, -0.15) is 0 Å². The summed E-state index contributed by atoms with van der Waals surface area (Å²) in [7, 11) is 2.99. The van der Waals surface area contributed by atoms with Crippen molar-refractivity contribution in [3.05, 3.63) is 0 Å². The van der Waals surface area contributed by atoms with Crippen molar-refractivity contribution >= 4 is 12.0 Å². The van der Waals surface area contributed by atoms with Gasteiger partial charge in [0, 0.05) is 20.7 Å². The number of likely N-dealkylation sites (N-methyl/N-ethyl adjacent to an activating group) is 1. The Bertz CT molecular complexity index is 266. The van der Waals surface area contributed by atoms with Gasteiger partial charge in [-0.3, -0.25) is 0 Å². The number of carboxylic acid groups (broad SMARTS) is 1. The lowest BCUT2D eigenvalue weighted by Crippen LogP contribution is -2.49. The molecule has 0 aromatic rings. The Kier molecular flexibility index (Phi) is 5.23. The molecule has 0 saturated carbocycles. The molecule has 0 bridgehead atoms. The predicted octanol–water partition coefficient (Wildman–Crippen LogP) is 0.526. The second-order valence-corrected chi connectivity index (χ2v) is 4.25. The number of urea groups is 1. The molecule has 0 rings (SSSR count). The smallest absolute Gasteiger partial charge is 0.326 e. The molecule has 2 amide bonds. The first-order valence-corrected chi connectivity index (χ1v) is 5.00. The van der Waals surface area contributed by atoms with Gasteiger partial charge in [-0.05, 0) is 20.8 Å². The molecular weight excluding hydrogens is 212 g/mol. The van der Waals surface area contributed by atoms with Crippen LogP contribution >= 0.6 is 0 Å². The zero-order valence-electron chi connectivity index (χ0n) is 10.4. The van der Waals surface area contributed by atoms with Gasteiger partial charge in [0.15, 0.2) is 0 Å². The number of carbonyl (C=O) groups excluding carboxylic acids is 1. The topological polar surface area (TPSA) is 78.9 Å². The van der Waals surface area contributed by atoms with Crippen LogP contribution in [-0.4, -0.2) is 54.4 Å². The molecule has 1 unspecified atom stereocenters. The van der Waals surface area contributed by atoms with Gasteiger partial charge in [-0.15, -0.1) is 0 Å². The summed E-state index contributed by atoms with van der Waals surface area (Å²) in [6.07, 6.45) is 0. The highest BCUT2D eigenvalue weighted by molar-refractivity contribution is 5.82. The minimum Gasteiger partial charge on any atom is -0.480 e. The highest BCUT2D eigenvalue weighted by Gasteiger charge is 2.23. The molecule has 94 valence electrons. The fourth-order valence-electron chi connectivity index (χ4n) is 0.827. The fraction of sp³-hybridized carbons (Fsp3) is 0.800. The number of carbonyl (C=O) groups is 2. The average Bonchev–Trinajstić information content (AvgIpc) is 2.23. The van der Waals surface area contributed by atoms with E-state index >= 15 is 0 Å². The van der Waals surface area contributed by atoms with Crippen molar-refractivity contribution in [2.24, 2.45) is 0 Å². The number of nitrogens with zero attached hydrogens (tertiary/aromatic N) is 1. The maximum Gasteiger partial charge on any atom is 0.326 e. The van der Waals surface area contributed by atoms with Crippen LogP contribution in [-0.2, 0) is 9.53 Å². The van der Waals surface area contributed by atoms with E-state index in [2.05, 4.69) is 5.32 Å². The second-order valence-electron chi connectivity index (χ2n) is 4.25. The monoisotopic (exact) mass is 232 g/mol. The van der Waals surface area contributed by atoms with Crippen LogP contribution in [0, 0.1) is 0 Å². The van der Waals surface area contributed by atoms with Crippen molar-refractivity contribution in [2.75, 3.05) is 20.7 Å². The van der Waals surface area contributed by atoms with Gasteiger partial charge >= 0.3 is 12.0 Å². The first kappa shape index (κ1) is 14.7. The van der Waals surface area contributed by atoms with Crippen LogP contribution in [0.3, 0.4) is 0 Å². The number of hydrogen-bond acceptors (Lipinski definition) is 3. The van der Waals surface area contributed by atoms with E-state index in [4.69, 9.17) is 9.84 Å². The second kappa shape index (κ2) is 5.69. The normalized spacial score (nSPS) is 13.1. The summed E-state index contributed by atoms with van der Waals surface area (Å²) < 4.78 is 5.13. The third kappa shape index (κ3) is 4.48. The molecule has 0 heterocycles. The van der Waals surface area contributed by atoms with Gasteiger partial charge in [0.2, 0.25) is 0 Å². The number of carboxylic acids is 1. The molecule has 6 heteroatoms. The highest BCUT2D eigenvalue weighted by Crippen LogP contribution is 2.05. The number of methoxy groups -OCH3 is 1. The number of amides is 2. The van der Waals surface area contributed by atoms with Gasteiger partial charge in [0.1, 0.15) is 6.04 Å². The van der Waals surface area contributed by atoms with Crippen molar-refractivity contribution in [2.45, 2.75) is 32.4 Å². The first-order valence-electron chi connectivity index (χ1n) is 5.00. The number of hydrogen-bond donors (Lipinski definition) is 2. The van der Waals surface area contributed by atoms with Crippen molar-refractivity contribution in [3.8, 4) is 0 Å². The maximum absolute atomic E-state index is 11.5. The summed E-state index contributed by atoms with van der Waals surface area (Å²) in [5.41, 5.74) is -0.469. The van der Waals surface area contributed by atoms with Crippen LogP contribution in [0.4, 0.5) is 4.79 Å². The molecule has 0 aliphatic rings. The summed E-state index contributed by atoms with van der Waals surface area (Å²) >= 11 is 0. The molecule has 0 aliphatic carbocycles. The van der Waals surface area contributed by atoms with Crippen molar-refractivity contribution in [1.29, 1.82) is 0 Å². The molecule has 0 aromatic carbocycles. The Morgan fingerprint density at radius 2 is 2.00 bits per heavy atom. The summed E-state index contributed by atoms with van der Waals surface area (Å²) in [6, 6.07) is -1.29. The summed E-state index contributed by atoms with van der Waals surface area (Å²) in [6.45, 7) is 5.42. The van der Waals surface area contributed by atoms with E-state index in [1.165, 1.54) is 14.0 Å². The number of rotatable bonds is 5. The lowest BCUT2D eigenvalue weighted by Gasteiger charge is -2.26. The van der Waals surface area contributed by atoms with E-state index in [-0.39, 0.29) is 0 Å². The van der Waals surface area contributed by atoms with Gasteiger partial charge in [-0.25, -0.2) is 9.59 Å². The number of ether oxygens (including phenoxy) is 1. The fourth-order valence-corrected chi connectivity index (χ4v) is 0.827. The van der Waals surface area contributed by atoms with E-state index < -0.39 is 23.6 Å². The lowest BCUT2D eigenvalue weighted by molar-refractivity contribution is -0.141. The Balaban J connectivity index is 4.22. The van der Waals surface area contributed by atoms with Crippen molar-refractivity contribution in [3.63, 3.8) is 0 Å². The molecular formula is C10H20N2O4. The Morgan fingerprint density at radius 3 is 2.38 bits per heavy atom. The van der Waals surface area contributed by atoms with Gasteiger partial charge in [0.25, 0.3) is 0 Å². The molecule has 0 fully saturated rings.